The minimum absolute atomic E-state index is 0.00613. The molecular weight excluding hydrogens is 263 g/mol. The van der Waals surface area contributed by atoms with Gasteiger partial charge in [0.05, 0.1) is 0 Å². The molecule has 0 N–H and O–H groups in total. The van der Waals surface area contributed by atoms with Gasteiger partial charge in [0.15, 0.2) is 0 Å². The Labute approximate surface area is 75.0 Å². The Morgan fingerprint density at radius 2 is 1.89 bits per heavy atom. The van der Waals surface area contributed by atoms with Crippen LogP contribution in [0, 0.1) is 5.92 Å². The molecule has 0 spiro atoms. The lowest BCUT2D eigenvalue weighted by atomic mass is 10.1. The van der Waals surface area contributed by atoms with Gasteiger partial charge in [-0.3, -0.25) is 0 Å². The molecule has 0 nitrogen and oxygen atoms in total. The largest absolute Gasteiger partial charge is 0.0628 e. The zero-order chi connectivity index (χ0) is 7.28. The lowest BCUT2D eigenvalue weighted by molar-refractivity contribution is 0.579. The summed E-state index contributed by atoms with van der Waals surface area (Å²) >= 11 is 7.01. The van der Waals surface area contributed by atoms with Crippen molar-refractivity contribution in [3.63, 3.8) is 0 Å². The van der Waals surface area contributed by atoms with Gasteiger partial charge in [-0.25, -0.2) is 0 Å². The van der Waals surface area contributed by atoms with Gasteiger partial charge in [-0.15, -0.1) is 0 Å². The van der Waals surface area contributed by atoms with Crippen LogP contribution in [0.2, 0.25) is 0 Å². The lowest BCUT2D eigenvalue weighted by Gasteiger charge is -2.03. The molecule has 0 aromatic rings. The Kier molecular flexibility index (Phi) is 7.07. The standard InChI is InChI=1S/C6H13Br2P/c1-6(2)4-3-5-9(7)8/h6H,3-5H2,1-2H3. The van der Waals surface area contributed by atoms with E-state index < -0.39 is 0 Å². The minimum atomic E-state index is -0.00613. The molecule has 0 amide bonds. The molecule has 0 aliphatic rings. The third-order valence-electron chi connectivity index (χ3n) is 1.11. The van der Waals surface area contributed by atoms with E-state index in [0.29, 0.717) is 0 Å². The van der Waals surface area contributed by atoms with E-state index in [1.807, 2.05) is 0 Å². The quantitative estimate of drug-likeness (QED) is 0.662. The second-order valence-corrected chi connectivity index (χ2v) is 11.6. The van der Waals surface area contributed by atoms with Crippen molar-refractivity contribution in [3.05, 3.63) is 0 Å². The van der Waals surface area contributed by atoms with E-state index in [-0.39, 0.29) is 5.33 Å². The second-order valence-electron chi connectivity index (χ2n) is 2.56. The molecule has 0 heterocycles. The number of hydrogen-bond acceptors (Lipinski definition) is 0. The average Bonchev–Trinajstić information content (AvgIpc) is 1.63. The van der Waals surface area contributed by atoms with Gasteiger partial charge < -0.3 is 0 Å². The molecule has 0 aromatic heterocycles. The number of halogens is 2. The zero-order valence-corrected chi connectivity index (χ0v) is 9.97. The molecule has 0 saturated carbocycles. The van der Waals surface area contributed by atoms with Gasteiger partial charge in [0.1, 0.15) is 0 Å². The van der Waals surface area contributed by atoms with Crippen LogP contribution in [0.15, 0.2) is 0 Å². The predicted molar refractivity (Wildman–Crippen MR) is 53.7 cm³/mol. The minimum Gasteiger partial charge on any atom is -0.0628 e. The smallest absolute Gasteiger partial charge is 0.0346 e. The van der Waals surface area contributed by atoms with E-state index in [9.17, 15) is 0 Å². The summed E-state index contributed by atoms with van der Waals surface area (Å²) in [4.78, 5) is 0. The normalized spacial score (nSPS) is 11.3. The highest BCUT2D eigenvalue weighted by Crippen LogP contribution is 2.52. The molecule has 0 bridgehead atoms. The third-order valence-corrected chi connectivity index (χ3v) is 3.89. The highest BCUT2D eigenvalue weighted by Gasteiger charge is 1.98. The molecule has 0 saturated heterocycles. The molecule has 0 aliphatic carbocycles. The van der Waals surface area contributed by atoms with Crippen LogP contribution >= 0.6 is 36.3 Å². The Morgan fingerprint density at radius 3 is 2.22 bits per heavy atom. The topological polar surface area (TPSA) is 0 Å². The van der Waals surface area contributed by atoms with Crippen LogP contribution < -0.4 is 0 Å². The molecule has 0 aromatic carbocycles. The van der Waals surface area contributed by atoms with Crippen molar-refractivity contribution >= 4 is 36.3 Å². The van der Waals surface area contributed by atoms with E-state index in [2.05, 4.69) is 44.8 Å². The van der Waals surface area contributed by atoms with Crippen molar-refractivity contribution in [2.75, 3.05) is 6.16 Å². The van der Waals surface area contributed by atoms with Crippen LogP contribution in [0.1, 0.15) is 26.7 Å². The fraction of sp³-hybridized carbons (Fsp3) is 1.00. The van der Waals surface area contributed by atoms with Gasteiger partial charge in [0.2, 0.25) is 0 Å². The SMILES string of the molecule is CC(C)CCCP(Br)Br. The Morgan fingerprint density at radius 1 is 1.33 bits per heavy atom. The van der Waals surface area contributed by atoms with Gasteiger partial charge in [-0.2, -0.15) is 0 Å². The first-order chi connectivity index (χ1) is 4.13. The van der Waals surface area contributed by atoms with Crippen LogP contribution in [-0.2, 0) is 0 Å². The zero-order valence-electron chi connectivity index (χ0n) is 5.90. The fourth-order valence-electron chi connectivity index (χ4n) is 0.619. The Hall–Kier alpha value is 1.39. The van der Waals surface area contributed by atoms with Crippen molar-refractivity contribution in [1.82, 2.24) is 0 Å². The van der Waals surface area contributed by atoms with E-state index in [4.69, 9.17) is 0 Å². The molecule has 0 radical (unpaired) electrons. The van der Waals surface area contributed by atoms with E-state index >= 15 is 0 Å². The summed E-state index contributed by atoms with van der Waals surface area (Å²) in [6, 6.07) is 0. The van der Waals surface area contributed by atoms with Crippen molar-refractivity contribution < 1.29 is 0 Å². The lowest BCUT2D eigenvalue weighted by Crippen LogP contribution is -1.87. The predicted octanol–water partition coefficient (Wildman–Crippen LogP) is 4.52. The van der Waals surface area contributed by atoms with Crippen LogP contribution in [0.3, 0.4) is 0 Å². The summed E-state index contributed by atoms with van der Waals surface area (Å²) in [5.41, 5.74) is 0. The molecule has 0 atom stereocenters. The van der Waals surface area contributed by atoms with Crippen LogP contribution in [0.4, 0.5) is 0 Å². The van der Waals surface area contributed by atoms with Gasteiger partial charge >= 0.3 is 0 Å². The molecule has 0 unspecified atom stereocenters. The maximum Gasteiger partial charge on any atom is 0.0346 e. The monoisotopic (exact) mass is 274 g/mol. The van der Waals surface area contributed by atoms with Crippen molar-refractivity contribution in [2.24, 2.45) is 5.92 Å². The van der Waals surface area contributed by atoms with E-state index in [0.717, 1.165) is 5.92 Å². The molecule has 0 rings (SSSR count). The van der Waals surface area contributed by atoms with Crippen LogP contribution in [0.5, 0.6) is 0 Å². The summed E-state index contributed by atoms with van der Waals surface area (Å²) < 4.78 is 0. The summed E-state index contributed by atoms with van der Waals surface area (Å²) in [5.74, 6) is 0.861. The molecule has 3 heteroatoms. The first kappa shape index (κ1) is 10.4. The summed E-state index contributed by atoms with van der Waals surface area (Å²) in [6.45, 7) is 4.54. The first-order valence-electron chi connectivity index (χ1n) is 3.22. The van der Waals surface area contributed by atoms with Crippen molar-refractivity contribution in [3.8, 4) is 0 Å². The van der Waals surface area contributed by atoms with E-state index in [1.54, 1.807) is 0 Å². The Bertz CT molecular complexity index is 56.1. The van der Waals surface area contributed by atoms with Gasteiger partial charge in [0, 0.05) is 5.33 Å². The van der Waals surface area contributed by atoms with Gasteiger partial charge in [-0.1, -0.05) is 20.3 Å². The molecule has 9 heavy (non-hydrogen) atoms. The van der Waals surface area contributed by atoms with Crippen molar-refractivity contribution in [1.29, 1.82) is 0 Å². The molecule has 56 valence electrons. The second kappa shape index (κ2) is 6.12. The number of rotatable bonds is 4. The molecule has 0 aliphatic heterocycles. The first-order valence-corrected chi connectivity index (χ1v) is 8.78. The molecule has 0 fully saturated rings. The van der Waals surface area contributed by atoms with Gasteiger partial charge in [-0.05, 0) is 49.5 Å². The van der Waals surface area contributed by atoms with E-state index in [1.165, 1.54) is 19.0 Å². The number of hydrogen-bond donors (Lipinski definition) is 0. The third kappa shape index (κ3) is 9.39. The highest BCUT2D eigenvalue weighted by atomic mass is 79.9. The fourth-order valence-corrected chi connectivity index (χ4v) is 2.55. The molecular formula is C6H13Br2P. The summed E-state index contributed by atoms with van der Waals surface area (Å²) in [7, 11) is 0. The van der Waals surface area contributed by atoms with Gasteiger partial charge in [0.25, 0.3) is 0 Å². The maximum absolute atomic E-state index is 3.51. The average molecular weight is 276 g/mol. The summed E-state index contributed by atoms with van der Waals surface area (Å²) in [6.07, 6.45) is 4.00. The van der Waals surface area contributed by atoms with Crippen molar-refractivity contribution in [2.45, 2.75) is 26.7 Å². The summed E-state index contributed by atoms with van der Waals surface area (Å²) in [5, 5.41) is -0.00613. The maximum atomic E-state index is 3.51. The highest BCUT2D eigenvalue weighted by molar-refractivity contribution is 9.69. The van der Waals surface area contributed by atoms with Crippen LogP contribution in [-0.4, -0.2) is 6.16 Å². The van der Waals surface area contributed by atoms with Crippen LogP contribution in [0.25, 0.3) is 0 Å². The Balaban J connectivity index is 2.91.